The number of hydrogen-bond acceptors (Lipinski definition) is 4. The van der Waals surface area contributed by atoms with Gasteiger partial charge in [0.05, 0.1) is 28.8 Å². The fourth-order valence-electron chi connectivity index (χ4n) is 1.80. The van der Waals surface area contributed by atoms with Crippen molar-refractivity contribution in [3.8, 4) is 0 Å². The molecule has 19 heavy (non-hydrogen) atoms. The van der Waals surface area contributed by atoms with Crippen LogP contribution in [-0.4, -0.2) is 20.5 Å². The Balaban J connectivity index is 2.24. The lowest BCUT2D eigenvalue weighted by atomic mass is 10.2. The van der Waals surface area contributed by atoms with E-state index in [0.29, 0.717) is 17.5 Å². The van der Waals surface area contributed by atoms with Gasteiger partial charge >= 0.3 is 0 Å². The molecule has 0 spiro atoms. The summed E-state index contributed by atoms with van der Waals surface area (Å²) in [5, 5.41) is 14.9. The lowest BCUT2D eigenvalue weighted by Crippen LogP contribution is -2.03. The van der Waals surface area contributed by atoms with E-state index in [0.717, 1.165) is 0 Å². The van der Waals surface area contributed by atoms with Gasteiger partial charge in [-0.05, 0) is 0 Å². The molecule has 2 aromatic rings. The molecule has 0 amide bonds. The van der Waals surface area contributed by atoms with Gasteiger partial charge in [0.15, 0.2) is 5.78 Å². The summed E-state index contributed by atoms with van der Waals surface area (Å²) >= 11 is 0. The number of Topliss-reactive ketones (excluding diaryl/α,β-unsaturated/α-hetero) is 1. The zero-order chi connectivity index (χ0) is 13.8. The number of rotatable bonds is 5. The van der Waals surface area contributed by atoms with Gasteiger partial charge in [0.25, 0.3) is 5.69 Å². The van der Waals surface area contributed by atoms with Gasteiger partial charge in [-0.25, -0.2) is 0 Å². The summed E-state index contributed by atoms with van der Waals surface area (Å²) in [6, 6.07) is 6.50. The zero-order valence-electron chi connectivity index (χ0n) is 10.4. The first-order chi connectivity index (χ1) is 9.11. The molecule has 6 heteroatoms. The van der Waals surface area contributed by atoms with E-state index in [4.69, 9.17) is 0 Å². The van der Waals surface area contributed by atoms with Gasteiger partial charge < -0.3 is 0 Å². The van der Waals surface area contributed by atoms with Crippen LogP contribution in [0.3, 0.4) is 0 Å². The van der Waals surface area contributed by atoms with Crippen LogP contribution in [0.25, 0.3) is 0 Å². The highest BCUT2D eigenvalue weighted by Crippen LogP contribution is 2.18. The minimum absolute atomic E-state index is 0.00816. The third-order valence-electron chi connectivity index (χ3n) is 2.80. The van der Waals surface area contributed by atoms with Crippen LogP contribution in [0.1, 0.15) is 29.3 Å². The van der Waals surface area contributed by atoms with Crippen LogP contribution in [0.5, 0.6) is 0 Å². The smallest absolute Gasteiger partial charge is 0.274 e. The van der Waals surface area contributed by atoms with Gasteiger partial charge in [0.2, 0.25) is 0 Å². The molecule has 6 nitrogen and oxygen atoms in total. The van der Waals surface area contributed by atoms with Crippen molar-refractivity contribution < 1.29 is 9.72 Å². The van der Waals surface area contributed by atoms with Crippen molar-refractivity contribution in [3.05, 3.63) is 57.9 Å². The van der Waals surface area contributed by atoms with Crippen LogP contribution in [0.15, 0.2) is 36.7 Å². The quantitative estimate of drug-likeness (QED) is 0.469. The Morgan fingerprint density at radius 3 is 2.84 bits per heavy atom. The van der Waals surface area contributed by atoms with Gasteiger partial charge in [-0.3, -0.25) is 19.6 Å². The van der Waals surface area contributed by atoms with Gasteiger partial charge in [0.1, 0.15) is 0 Å². The zero-order valence-corrected chi connectivity index (χ0v) is 10.4. The van der Waals surface area contributed by atoms with Crippen molar-refractivity contribution in [2.24, 2.45) is 0 Å². The molecule has 0 saturated heterocycles. The monoisotopic (exact) mass is 259 g/mol. The molecular formula is C13H13N3O3. The van der Waals surface area contributed by atoms with E-state index in [2.05, 4.69) is 5.10 Å². The Hall–Kier alpha value is -2.50. The minimum atomic E-state index is -0.420. The average molecular weight is 259 g/mol. The first-order valence-corrected chi connectivity index (χ1v) is 5.89. The molecular weight excluding hydrogens is 246 g/mol. The molecule has 0 radical (unpaired) electrons. The third-order valence-corrected chi connectivity index (χ3v) is 2.80. The maximum Gasteiger partial charge on any atom is 0.274 e. The van der Waals surface area contributed by atoms with Crippen molar-refractivity contribution >= 4 is 11.5 Å². The van der Waals surface area contributed by atoms with E-state index in [1.165, 1.54) is 16.9 Å². The normalized spacial score (nSPS) is 10.4. The van der Waals surface area contributed by atoms with Crippen LogP contribution >= 0.6 is 0 Å². The summed E-state index contributed by atoms with van der Waals surface area (Å²) in [6.07, 6.45) is 3.51. The van der Waals surface area contributed by atoms with Crippen LogP contribution in [0.2, 0.25) is 0 Å². The van der Waals surface area contributed by atoms with Crippen molar-refractivity contribution in [1.82, 2.24) is 9.78 Å². The molecule has 1 aromatic heterocycles. The number of ketones is 1. The van der Waals surface area contributed by atoms with Gasteiger partial charge in [-0.2, -0.15) is 5.10 Å². The number of hydrogen-bond donors (Lipinski definition) is 0. The summed E-state index contributed by atoms with van der Waals surface area (Å²) in [4.78, 5) is 22.0. The number of nitro benzene ring substituents is 1. The average Bonchev–Trinajstić information content (AvgIpc) is 2.86. The molecule has 0 fully saturated rings. The van der Waals surface area contributed by atoms with Gasteiger partial charge in [-0.15, -0.1) is 0 Å². The molecule has 0 aliphatic rings. The Kier molecular flexibility index (Phi) is 3.70. The molecule has 0 atom stereocenters. The first-order valence-electron chi connectivity index (χ1n) is 5.89. The van der Waals surface area contributed by atoms with E-state index in [-0.39, 0.29) is 18.0 Å². The van der Waals surface area contributed by atoms with Crippen LogP contribution in [-0.2, 0) is 6.54 Å². The minimum Gasteiger partial charge on any atom is -0.294 e. The van der Waals surface area contributed by atoms with Gasteiger partial charge in [0, 0.05) is 18.7 Å². The molecule has 2 rings (SSSR count). The second-order valence-electron chi connectivity index (χ2n) is 4.09. The largest absolute Gasteiger partial charge is 0.294 e. The van der Waals surface area contributed by atoms with E-state index >= 15 is 0 Å². The Bertz CT molecular complexity index is 619. The summed E-state index contributed by atoms with van der Waals surface area (Å²) < 4.78 is 1.53. The highest BCUT2D eigenvalue weighted by molar-refractivity contribution is 5.95. The lowest BCUT2D eigenvalue weighted by molar-refractivity contribution is -0.385. The maximum atomic E-state index is 11.5. The fourth-order valence-corrected chi connectivity index (χ4v) is 1.80. The number of carbonyl (C=O) groups excluding carboxylic acids is 1. The van der Waals surface area contributed by atoms with E-state index in [1.54, 1.807) is 31.3 Å². The van der Waals surface area contributed by atoms with Crippen molar-refractivity contribution in [2.45, 2.75) is 19.9 Å². The first kappa shape index (κ1) is 12.9. The molecule has 0 saturated carbocycles. The molecule has 0 aliphatic heterocycles. The molecule has 0 aliphatic carbocycles. The molecule has 0 unspecified atom stereocenters. The summed E-state index contributed by atoms with van der Waals surface area (Å²) in [5.74, 6) is 0.00816. The van der Waals surface area contributed by atoms with Gasteiger partial charge in [-0.1, -0.05) is 25.1 Å². The standard InChI is InChI=1S/C13H13N3O3/c1-2-13(17)11-7-14-15(9-11)8-10-5-3-4-6-12(10)16(18)19/h3-7,9H,2,8H2,1H3. The number of para-hydroxylation sites is 1. The number of nitro groups is 1. The van der Waals surface area contributed by atoms with Crippen LogP contribution < -0.4 is 0 Å². The summed E-state index contributed by atoms with van der Waals surface area (Å²) in [7, 11) is 0. The van der Waals surface area contributed by atoms with Crippen molar-refractivity contribution in [3.63, 3.8) is 0 Å². The molecule has 0 bridgehead atoms. The topological polar surface area (TPSA) is 78.0 Å². The Morgan fingerprint density at radius 2 is 2.16 bits per heavy atom. The Labute approximate surface area is 109 Å². The lowest BCUT2D eigenvalue weighted by Gasteiger charge is -2.02. The number of nitrogens with zero attached hydrogens (tertiary/aromatic N) is 3. The van der Waals surface area contributed by atoms with Crippen LogP contribution in [0, 0.1) is 10.1 Å². The molecule has 98 valence electrons. The van der Waals surface area contributed by atoms with E-state index in [1.807, 2.05) is 0 Å². The van der Waals surface area contributed by atoms with E-state index < -0.39 is 4.92 Å². The fraction of sp³-hybridized carbons (Fsp3) is 0.231. The molecule has 1 heterocycles. The Morgan fingerprint density at radius 1 is 1.42 bits per heavy atom. The number of carbonyl (C=O) groups is 1. The predicted molar refractivity (Wildman–Crippen MR) is 69.0 cm³/mol. The van der Waals surface area contributed by atoms with Crippen LogP contribution in [0.4, 0.5) is 5.69 Å². The SMILES string of the molecule is CCC(=O)c1cnn(Cc2ccccc2[N+](=O)[O-])c1. The van der Waals surface area contributed by atoms with Crippen molar-refractivity contribution in [2.75, 3.05) is 0 Å². The molecule has 1 aromatic carbocycles. The highest BCUT2D eigenvalue weighted by Gasteiger charge is 2.13. The predicted octanol–water partition coefficient (Wildman–Crippen LogP) is 2.43. The second-order valence-corrected chi connectivity index (χ2v) is 4.09. The highest BCUT2D eigenvalue weighted by atomic mass is 16.6. The van der Waals surface area contributed by atoms with Crippen molar-refractivity contribution in [1.29, 1.82) is 0 Å². The third kappa shape index (κ3) is 2.85. The number of benzene rings is 1. The number of aromatic nitrogens is 2. The maximum absolute atomic E-state index is 11.5. The molecule has 0 N–H and O–H groups in total. The second kappa shape index (κ2) is 5.43. The summed E-state index contributed by atoms with van der Waals surface area (Å²) in [6.45, 7) is 2.05. The summed E-state index contributed by atoms with van der Waals surface area (Å²) in [5.41, 5.74) is 1.15. The van der Waals surface area contributed by atoms with E-state index in [9.17, 15) is 14.9 Å².